The van der Waals surface area contributed by atoms with Crippen molar-refractivity contribution in [2.45, 2.75) is 43.6 Å². The van der Waals surface area contributed by atoms with Gasteiger partial charge in [0.05, 0.1) is 6.10 Å². The molecule has 14 heteroatoms. The fraction of sp³-hybridized carbons (Fsp3) is 0.471. The van der Waals surface area contributed by atoms with E-state index in [4.69, 9.17) is 29.9 Å². The second kappa shape index (κ2) is 9.22. The third kappa shape index (κ3) is 4.88. The van der Waals surface area contributed by atoms with Gasteiger partial charge >= 0.3 is 23.6 Å². The van der Waals surface area contributed by atoms with Gasteiger partial charge in [0.25, 0.3) is 0 Å². The Morgan fingerprint density at radius 3 is 2.52 bits per heavy atom. The van der Waals surface area contributed by atoms with E-state index in [1.165, 1.54) is 19.2 Å². The number of rotatable bonds is 6. The van der Waals surface area contributed by atoms with Crippen molar-refractivity contribution in [3.05, 3.63) is 34.9 Å². The van der Waals surface area contributed by atoms with Crippen LogP contribution in [-0.2, 0) is 33.3 Å². The summed E-state index contributed by atoms with van der Waals surface area (Å²) in [5.74, 6) is -2.84. The molecule has 1 fully saturated rings. The van der Waals surface area contributed by atoms with Crippen LogP contribution in [0.3, 0.4) is 0 Å². The summed E-state index contributed by atoms with van der Waals surface area (Å²) in [4.78, 5) is 51.8. The molecule has 1 saturated heterocycles. The van der Waals surface area contributed by atoms with E-state index in [1.807, 2.05) is 0 Å². The van der Waals surface area contributed by atoms with Crippen molar-refractivity contribution in [2.24, 2.45) is 5.73 Å². The van der Waals surface area contributed by atoms with Crippen molar-refractivity contribution in [3.8, 4) is 0 Å². The minimum absolute atomic E-state index is 0.141. The summed E-state index contributed by atoms with van der Waals surface area (Å²) in [5, 5.41) is 18.3. The molecule has 0 spiro atoms. The number of carbonyl (C=O) groups is 3. The molecule has 2 aliphatic rings. The Morgan fingerprint density at radius 1 is 1.29 bits per heavy atom. The summed E-state index contributed by atoms with van der Waals surface area (Å²) in [7, 11) is 0. The van der Waals surface area contributed by atoms with Crippen LogP contribution in [0.5, 0.6) is 0 Å². The molecule has 3 heterocycles. The number of hydrogen-bond acceptors (Lipinski definition) is 13. The molecule has 14 nitrogen and oxygen atoms in total. The highest BCUT2D eigenvalue weighted by molar-refractivity contribution is 5.92. The van der Waals surface area contributed by atoms with Gasteiger partial charge in [-0.25, -0.2) is 14.4 Å². The molecule has 31 heavy (non-hydrogen) atoms. The van der Waals surface area contributed by atoms with Crippen LogP contribution in [0, 0.1) is 0 Å². The number of aromatic nitrogens is 2. The monoisotopic (exact) mass is 440 g/mol. The van der Waals surface area contributed by atoms with Gasteiger partial charge < -0.3 is 29.8 Å². The summed E-state index contributed by atoms with van der Waals surface area (Å²) < 4.78 is 22.3. The van der Waals surface area contributed by atoms with E-state index >= 15 is 0 Å². The highest BCUT2D eigenvalue weighted by Gasteiger charge is 2.51. The third-order valence-corrected chi connectivity index (χ3v) is 4.55. The van der Waals surface area contributed by atoms with Gasteiger partial charge in [-0.3, -0.25) is 20.0 Å². The summed E-state index contributed by atoms with van der Waals surface area (Å²) in [6, 6.07) is -0.0789. The number of carbonyl (C=O) groups excluding carboxylic acids is 3. The molecule has 0 saturated carbocycles. The number of hydrogen-bond donors (Lipinski definition) is 4. The lowest BCUT2D eigenvalue weighted by Gasteiger charge is -2.25. The average molecular weight is 440 g/mol. The highest BCUT2D eigenvalue weighted by atomic mass is 16.7. The molecule has 1 aromatic rings. The zero-order valence-corrected chi connectivity index (χ0v) is 16.1. The molecule has 0 amide bonds. The van der Waals surface area contributed by atoms with Gasteiger partial charge in [0.1, 0.15) is 18.8 Å². The standard InChI is InChI=1S/C17H20N4O10/c1-7(22)12(18)16(25)28-6-8-13-14(31-11(24)3-2-10(23)30-13)15(29-8)21-5-4-9(20-27)19-17(21)26/h2-5,7-8,12-15,22,27H,6,18H2,1H3,(H,19,20,26)/b3-2-/t7-,8-,12-,13-,14-,15-/m1/s1. The predicted octanol–water partition coefficient (Wildman–Crippen LogP) is -2.41. The van der Waals surface area contributed by atoms with Crippen LogP contribution in [0.2, 0.25) is 0 Å². The molecule has 5 N–H and O–H groups in total. The Kier molecular flexibility index (Phi) is 6.65. The molecule has 2 aliphatic heterocycles. The first kappa shape index (κ1) is 22.4. The molecule has 0 bridgehead atoms. The maximum absolute atomic E-state index is 12.3. The van der Waals surface area contributed by atoms with Gasteiger partial charge in [-0.2, -0.15) is 4.98 Å². The van der Waals surface area contributed by atoms with Gasteiger partial charge in [0, 0.05) is 18.3 Å². The number of fused-ring (bicyclic) bond motifs is 1. The number of aliphatic hydroxyl groups excluding tert-OH is 1. The molecule has 0 unspecified atom stereocenters. The van der Waals surface area contributed by atoms with E-state index in [-0.39, 0.29) is 5.82 Å². The van der Waals surface area contributed by atoms with Crippen LogP contribution in [-0.4, -0.2) is 74.8 Å². The van der Waals surface area contributed by atoms with Crippen LogP contribution >= 0.6 is 0 Å². The first-order valence-corrected chi connectivity index (χ1v) is 9.05. The van der Waals surface area contributed by atoms with E-state index in [0.717, 1.165) is 16.7 Å². The first-order valence-electron chi connectivity index (χ1n) is 9.05. The Hall–Kier alpha value is -3.33. The van der Waals surface area contributed by atoms with E-state index < -0.39 is 66.9 Å². The molecular formula is C17H20N4O10. The minimum atomic E-state index is -1.32. The van der Waals surface area contributed by atoms with Crippen LogP contribution in [0.1, 0.15) is 13.2 Å². The van der Waals surface area contributed by atoms with Crippen molar-refractivity contribution in [3.63, 3.8) is 0 Å². The topological polar surface area (TPSA) is 202 Å². The third-order valence-electron chi connectivity index (χ3n) is 4.55. The maximum atomic E-state index is 12.3. The number of anilines is 1. The Bertz CT molecular complexity index is 945. The summed E-state index contributed by atoms with van der Waals surface area (Å²) in [5.41, 5.74) is 6.36. The van der Waals surface area contributed by atoms with Crippen LogP contribution < -0.4 is 16.9 Å². The lowest BCUT2D eigenvalue weighted by atomic mass is 10.1. The number of aliphatic hydroxyl groups is 1. The molecular weight excluding hydrogens is 420 g/mol. The van der Waals surface area contributed by atoms with Gasteiger partial charge in [-0.1, -0.05) is 0 Å². The molecule has 0 aliphatic carbocycles. The largest absolute Gasteiger partial charge is 0.462 e. The molecule has 0 aromatic carbocycles. The van der Waals surface area contributed by atoms with Crippen molar-refractivity contribution >= 4 is 23.7 Å². The number of nitrogens with one attached hydrogen (secondary N) is 1. The molecule has 6 atom stereocenters. The lowest BCUT2D eigenvalue weighted by Crippen LogP contribution is -2.45. The molecule has 168 valence electrons. The fourth-order valence-electron chi connectivity index (χ4n) is 2.94. The van der Waals surface area contributed by atoms with Crippen molar-refractivity contribution in [1.29, 1.82) is 0 Å². The fourth-order valence-corrected chi connectivity index (χ4v) is 2.94. The van der Waals surface area contributed by atoms with Gasteiger partial charge in [0.2, 0.25) is 0 Å². The normalized spacial score (nSPS) is 28.3. The van der Waals surface area contributed by atoms with E-state index in [0.29, 0.717) is 0 Å². The first-order chi connectivity index (χ1) is 14.7. The minimum Gasteiger partial charge on any atom is -0.462 e. The van der Waals surface area contributed by atoms with E-state index in [2.05, 4.69) is 4.98 Å². The van der Waals surface area contributed by atoms with Crippen LogP contribution in [0.25, 0.3) is 0 Å². The number of esters is 3. The second-order valence-electron chi connectivity index (χ2n) is 6.71. The zero-order chi connectivity index (χ0) is 22.7. The summed E-state index contributed by atoms with van der Waals surface area (Å²) in [6.45, 7) is 0.820. The van der Waals surface area contributed by atoms with E-state index in [9.17, 15) is 24.3 Å². The Balaban J connectivity index is 1.89. The average Bonchev–Trinajstić information content (AvgIpc) is 3.04. The molecule has 0 radical (unpaired) electrons. The maximum Gasteiger partial charge on any atom is 0.351 e. The molecule has 3 rings (SSSR count). The smallest absolute Gasteiger partial charge is 0.351 e. The van der Waals surface area contributed by atoms with Crippen molar-refractivity contribution < 1.29 is 43.6 Å². The highest BCUT2D eigenvalue weighted by Crippen LogP contribution is 2.34. The van der Waals surface area contributed by atoms with Crippen LogP contribution in [0.15, 0.2) is 29.2 Å². The quantitative estimate of drug-likeness (QED) is 0.207. The number of nitrogens with two attached hydrogens (primary N) is 1. The summed E-state index contributed by atoms with van der Waals surface area (Å²) >= 11 is 0. The SMILES string of the molecule is C[C@@H](O)[C@@H](N)C(=O)OC[C@H]1O[C@@H](n2ccc(NO)nc2=O)[C@@H]2OC(=O)/C=C\C(=O)O[C@@H]21. The predicted molar refractivity (Wildman–Crippen MR) is 97.3 cm³/mol. The Morgan fingerprint density at radius 2 is 1.94 bits per heavy atom. The van der Waals surface area contributed by atoms with E-state index in [1.54, 1.807) is 5.48 Å². The number of ether oxygens (including phenoxy) is 4. The lowest BCUT2D eigenvalue weighted by molar-refractivity contribution is -0.165. The van der Waals surface area contributed by atoms with Crippen molar-refractivity contribution in [1.82, 2.24) is 9.55 Å². The van der Waals surface area contributed by atoms with Gasteiger partial charge in [-0.05, 0) is 13.0 Å². The van der Waals surface area contributed by atoms with Crippen LogP contribution in [0.4, 0.5) is 5.82 Å². The van der Waals surface area contributed by atoms with Gasteiger partial charge in [-0.15, -0.1) is 0 Å². The van der Waals surface area contributed by atoms with Crippen molar-refractivity contribution in [2.75, 3.05) is 12.1 Å². The molecule has 1 aromatic heterocycles. The van der Waals surface area contributed by atoms with Gasteiger partial charge in [0.15, 0.2) is 24.3 Å². The zero-order valence-electron chi connectivity index (χ0n) is 16.1. The second-order valence-corrected chi connectivity index (χ2v) is 6.71. The number of nitrogens with zero attached hydrogens (tertiary/aromatic N) is 2. The Labute approximate surface area is 174 Å². The summed E-state index contributed by atoms with van der Waals surface area (Å²) in [6.07, 6.45) is -3.24.